The van der Waals surface area contributed by atoms with Crippen molar-refractivity contribution in [3.05, 3.63) is 69.4 Å². The molecule has 156 valence electrons. The van der Waals surface area contributed by atoms with Crippen LogP contribution in [0.15, 0.2) is 58.1 Å². The third-order valence-electron chi connectivity index (χ3n) is 5.22. The minimum Gasteiger partial charge on any atom is -0.497 e. The van der Waals surface area contributed by atoms with Crippen LogP contribution in [0.3, 0.4) is 0 Å². The zero-order valence-electron chi connectivity index (χ0n) is 16.7. The van der Waals surface area contributed by atoms with E-state index in [-0.39, 0.29) is 30.7 Å². The molecule has 1 aromatic heterocycles. The molecule has 0 radical (unpaired) electrons. The van der Waals surface area contributed by atoms with Gasteiger partial charge in [0.25, 0.3) is 5.56 Å². The van der Waals surface area contributed by atoms with Crippen LogP contribution < -0.4 is 21.3 Å². The number of para-hydroxylation sites is 1. The number of aromatic nitrogens is 2. The summed E-state index contributed by atoms with van der Waals surface area (Å²) < 4.78 is 13.2. The summed E-state index contributed by atoms with van der Waals surface area (Å²) in [6.07, 6.45) is 1.54. The van der Waals surface area contributed by atoms with Crippen molar-refractivity contribution < 1.29 is 14.3 Å². The minimum absolute atomic E-state index is 0.168. The molecule has 1 aliphatic rings. The molecule has 2 heterocycles. The zero-order valence-corrected chi connectivity index (χ0v) is 16.7. The van der Waals surface area contributed by atoms with Gasteiger partial charge in [0, 0.05) is 12.3 Å². The van der Waals surface area contributed by atoms with Crippen molar-refractivity contribution in [1.82, 2.24) is 9.13 Å². The molecule has 1 N–H and O–H groups in total. The first-order valence-corrected chi connectivity index (χ1v) is 9.84. The normalized spacial score (nSPS) is 16.0. The van der Waals surface area contributed by atoms with Gasteiger partial charge in [-0.2, -0.15) is 0 Å². The number of hydrogen-bond acceptors (Lipinski definition) is 5. The number of carbonyl (C=O) groups excluding carboxylic acids is 1. The first-order chi connectivity index (χ1) is 14.6. The van der Waals surface area contributed by atoms with Crippen LogP contribution in [0.2, 0.25) is 0 Å². The Morgan fingerprint density at radius 2 is 1.90 bits per heavy atom. The van der Waals surface area contributed by atoms with E-state index >= 15 is 0 Å². The van der Waals surface area contributed by atoms with Gasteiger partial charge >= 0.3 is 5.69 Å². The van der Waals surface area contributed by atoms with E-state index in [0.717, 1.165) is 12.8 Å². The average Bonchev–Trinajstić information content (AvgIpc) is 3.28. The third kappa shape index (κ3) is 3.99. The highest BCUT2D eigenvalue weighted by Crippen LogP contribution is 2.16. The molecule has 0 bridgehead atoms. The Balaban J connectivity index is 1.67. The van der Waals surface area contributed by atoms with E-state index in [9.17, 15) is 14.4 Å². The van der Waals surface area contributed by atoms with Crippen LogP contribution in [0.4, 0.5) is 5.69 Å². The number of rotatable bonds is 6. The average molecular weight is 409 g/mol. The molecule has 1 saturated heterocycles. The lowest BCUT2D eigenvalue weighted by molar-refractivity contribution is -0.116. The summed E-state index contributed by atoms with van der Waals surface area (Å²) >= 11 is 0. The molecule has 1 unspecified atom stereocenters. The van der Waals surface area contributed by atoms with Gasteiger partial charge in [0.15, 0.2) is 0 Å². The first-order valence-electron chi connectivity index (χ1n) is 9.84. The minimum atomic E-state index is -0.515. The topological polar surface area (TPSA) is 91.6 Å². The van der Waals surface area contributed by atoms with Gasteiger partial charge in [-0.1, -0.05) is 12.1 Å². The Labute approximate surface area is 172 Å². The maximum Gasteiger partial charge on any atom is 0.332 e. The summed E-state index contributed by atoms with van der Waals surface area (Å²) in [5, 5.41) is 3.17. The Morgan fingerprint density at radius 3 is 2.60 bits per heavy atom. The quantitative estimate of drug-likeness (QED) is 0.672. The number of methoxy groups -OCH3 is 1. The summed E-state index contributed by atoms with van der Waals surface area (Å²) in [5.74, 6) is 0.311. The van der Waals surface area contributed by atoms with Crippen LogP contribution >= 0.6 is 0 Å². The van der Waals surface area contributed by atoms with Crippen molar-refractivity contribution in [3.8, 4) is 5.75 Å². The molecule has 0 spiro atoms. The smallest absolute Gasteiger partial charge is 0.332 e. The number of nitrogens with one attached hydrogen (secondary N) is 1. The molecule has 0 saturated carbocycles. The summed E-state index contributed by atoms with van der Waals surface area (Å²) in [7, 11) is 1.57. The van der Waals surface area contributed by atoms with Gasteiger partial charge in [0.05, 0.1) is 30.7 Å². The van der Waals surface area contributed by atoms with Crippen molar-refractivity contribution in [3.63, 3.8) is 0 Å². The van der Waals surface area contributed by atoms with E-state index in [1.54, 1.807) is 55.6 Å². The Bertz CT molecular complexity index is 1170. The monoisotopic (exact) mass is 409 g/mol. The largest absolute Gasteiger partial charge is 0.497 e. The van der Waals surface area contributed by atoms with Crippen LogP contribution in [0.1, 0.15) is 12.8 Å². The fraction of sp³-hybridized carbons (Fsp3) is 0.318. The SMILES string of the molecule is COc1ccc(NC(=O)Cn2c(=O)n(CC3CCCO3)c(=O)c3ccccc32)cc1. The number of hydrogen-bond donors (Lipinski definition) is 1. The maximum atomic E-state index is 13.1. The van der Waals surface area contributed by atoms with Crippen LogP contribution in [-0.4, -0.2) is 34.9 Å². The van der Waals surface area contributed by atoms with Crippen LogP contribution in [0.25, 0.3) is 10.9 Å². The highest BCUT2D eigenvalue weighted by Gasteiger charge is 2.21. The zero-order chi connectivity index (χ0) is 21.1. The van der Waals surface area contributed by atoms with Crippen LogP contribution in [0.5, 0.6) is 5.75 Å². The number of ether oxygens (including phenoxy) is 2. The summed E-state index contributed by atoms with van der Waals surface area (Å²) in [4.78, 5) is 38.7. The number of fused-ring (bicyclic) bond motifs is 1. The van der Waals surface area contributed by atoms with Gasteiger partial charge in [0.2, 0.25) is 5.91 Å². The summed E-state index contributed by atoms with van der Waals surface area (Å²) in [5.41, 5.74) is 0.142. The highest BCUT2D eigenvalue weighted by molar-refractivity contribution is 5.91. The third-order valence-corrected chi connectivity index (χ3v) is 5.22. The van der Waals surface area contributed by atoms with Gasteiger partial charge in [-0.25, -0.2) is 4.79 Å². The van der Waals surface area contributed by atoms with Gasteiger partial charge in [-0.15, -0.1) is 0 Å². The Morgan fingerprint density at radius 1 is 1.13 bits per heavy atom. The molecular weight excluding hydrogens is 386 g/mol. The lowest BCUT2D eigenvalue weighted by Crippen LogP contribution is -2.43. The fourth-order valence-electron chi connectivity index (χ4n) is 3.70. The first kappa shape index (κ1) is 19.9. The van der Waals surface area contributed by atoms with E-state index in [0.29, 0.717) is 28.9 Å². The molecule has 2 aromatic carbocycles. The number of amides is 1. The summed E-state index contributed by atoms with van der Waals surface area (Å²) in [6.45, 7) is 0.602. The van der Waals surface area contributed by atoms with Gasteiger partial charge < -0.3 is 14.8 Å². The van der Waals surface area contributed by atoms with Crippen molar-refractivity contribution in [1.29, 1.82) is 0 Å². The maximum absolute atomic E-state index is 13.1. The molecule has 0 aliphatic carbocycles. The van der Waals surface area contributed by atoms with E-state index in [2.05, 4.69) is 5.32 Å². The predicted molar refractivity (Wildman–Crippen MR) is 113 cm³/mol. The van der Waals surface area contributed by atoms with Crippen molar-refractivity contribution in [2.75, 3.05) is 19.0 Å². The molecule has 30 heavy (non-hydrogen) atoms. The van der Waals surface area contributed by atoms with E-state index in [1.165, 1.54) is 9.13 Å². The lowest BCUT2D eigenvalue weighted by Gasteiger charge is -2.16. The molecule has 8 heteroatoms. The summed E-state index contributed by atoms with van der Waals surface area (Å²) in [6, 6.07) is 13.7. The van der Waals surface area contributed by atoms with Crippen molar-refractivity contribution in [2.45, 2.75) is 32.0 Å². The lowest BCUT2D eigenvalue weighted by atomic mass is 10.2. The number of carbonyl (C=O) groups is 1. The van der Waals surface area contributed by atoms with Gasteiger partial charge in [0.1, 0.15) is 12.3 Å². The molecule has 1 fully saturated rings. The predicted octanol–water partition coefficient (Wildman–Crippen LogP) is 1.99. The van der Waals surface area contributed by atoms with E-state index in [1.807, 2.05) is 0 Å². The van der Waals surface area contributed by atoms with Crippen LogP contribution in [0, 0.1) is 0 Å². The second-order valence-corrected chi connectivity index (χ2v) is 7.21. The van der Waals surface area contributed by atoms with Crippen LogP contribution in [-0.2, 0) is 22.6 Å². The molecule has 1 aliphatic heterocycles. The number of benzene rings is 2. The second kappa shape index (κ2) is 8.54. The Hall–Kier alpha value is -3.39. The molecule has 3 aromatic rings. The van der Waals surface area contributed by atoms with Crippen molar-refractivity contribution >= 4 is 22.5 Å². The molecule has 1 atom stereocenters. The Kier molecular flexibility index (Phi) is 5.67. The molecule has 4 rings (SSSR count). The van der Waals surface area contributed by atoms with E-state index < -0.39 is 5.69 Å². The number of anilines is 1. The highest BCUT2D eigenvalue weighted by atomic mass is 16.5. The second-order valence-electron chi connectivity index (χ2n) is 7.21. The van der Waals surface area contributed by atoms with Crippen molar-refractivity contribution in [2.24, 2.45) is 0 Å². The standard InChI is InChI=1S/C22H23N3O5/c1-29-16-10-8-15(9-11-16)23-20(26)14-24-19-7-3-2-6-18(19)21(27)25(22(24)28)13-17-5-4-12-30-17/h2-3,6-11,17H,4-5,12-14H2,1H3,(H,23,26). The van der Waals surface area contributed by atoms with Gasteiger partial charge in [-0.05, 0) is 49.2 Å². The molecule has 1 amide bonds. The van der Waals surface area contributed by atoms with E-state index in [4.69, 9.17) is 9.47 Å². The fourth-order valence-corrected chi connectivity index (χ4v) is 3.70. The number of nitrogens with zero attached hydrogens (tertiary/aromatic N) is 2. The molecule has 8 nitrogen and oxygen atoms in total. The molecular formula is C22H23N3O5. The van der Waals surface area contributed by atoms with Gasteiger partial charge in [-0.3, -0.25) is 18.7 Å².